The van der Waals surface area contributed by atoms with Crippen LogP contribution in [0.15, 0.2) is 24.3 Å². The molecule has 1 aromatic carbocycles. The molecule has 0 amide bonds. The van der Waals surface area contributed by atoms with Crippen molar-refractivity contribution in [2.75, 3.05) is 39.3 Å². The molecule has 1 atom stereocenters. The first-order valence-corrected chi connectivity index (χ1v) is 8.30. The molecule has 21 heavy (non-hydrogen) atoms. The van der Waals surface area contributed by atoms with E-state index in [1.807, 2.05) is 0 Å². The standard InChI is InChI=1S/C18H32N2O/c1-5-19-14-16(4)18-10-8-17(9-11-18)15-21-13-12-20(6-2)7-3/h8-11,16,19H,5-7,12-15H2,1-4H3. The Kier molecular flexibility index (Phi) is 9.31. The first-order valence-electron chi connectivity index (χ1n) is 8.30. The number of likely N-dealkylation sites (N-methyl/N-ethyl adjacent to an activating group) is 2. The van der Waals surface area contributed by atoms with Crippen LogP contribution in [-0.2, 0) is 11.3 Å². The lowest BCUT2D eigenvalue weighted by molar-refractivity contribution is 0.0956. The maximum atomic E-state index is 5.77. The van der Waals surface area contributed by atoms with E-state index in [0.29, 0.717) is 12.5 Å². The first kappa shape index (κ1) is 18.1. The second-order valence-electron chi connectivity index (χ2n) is 5.53. The van der Waals surface area contributed by atoms with E-state index < -0.39 is 0 Å². The molecule has 0 aliphatic heterocycles. The van der Waals surface area contributed by atoms with E-state index in [2.05, 4.69) is 62.2 Å². The topological polar surface area (TPSA) is 24.5 Å². The average molecular weight is 292 g/mol. The van der Waals surface area contributed by atoms with Gasteiger partial charge in [0.2, 0.25) is 0 Å². The Morgan fingerprint density at radius 1 is 1.10 bits per heavy atom. The molecule has 0 aliphatic carbocycles. The van der Waals surface area contributed by atoms with Gasteiger partial charge in [-0.25, -0.2) is 0 Å². The number of rotatable bonds is 11. The molecule has 0 saturated carbocycles. The predicted octanol–water partition coefficient (Wildman–Crippen LogP) is 3.26. The fraction of sp³-hybridized carbons (Fsp3) is 0.667. The maximum absolute atomic E-state index is 5.77. The van der Waals surface area contributed by atoms with Crippen molar-refractivity contribution >= 4 is 0 Å². The van der Waals surface area contributed by atoms with E-state index in [1.54, 1.807) is 0 Å². The van der Waals surface area contributed by atoms with Gasteiger partial charge in [0.15, 0.2) is 0 Å². The van der Waals surface area contributed by atoms with Gasteiger partial charge in [-0.1, -0.05) is 52.0 Å². The number of nitrogens with zero attached hydrogens (tertiary/aromatic N) is 1. The van der Waals surface area contributed by atoms with Gasteiger partial charge in [0, 0.05) is 13.1 Å². The van der Waals surface area contributed by atoms with Gasteiger partial charge in [-0.15, -0.1) is 0 Å². The summed E-state index contributed by atoms with van der Waals surface area (Å²) in [6.07, 6.45) is 0. The molecule has 1 aromatic rings. The molecule has 0 aliphatic rings. The zero-order valence-electron chi connectivity index (χ0n) is 14.2. The summed E-state index contributed by atoms with van der Waals surface area (Å²) in [5.74, 6) is 0.558. The fourth-order valence-corrected chi connectivity index (χ4v) is 2.34. The lowest BCUT2D eigenvalue weighted by Gasteiger charge is -2.17. The minimum Gasteiger partial charge on any atom is -0.375 e. The van der Waals surface area contributed by atoms with Gasteiger partial charge in [-0.05, 0) is 36.7 Å². The summed E-state index contributed by atoms with van der Waals surface area (Å²) in [6.45, 7) is 15.6. The van der Waals surface area contributed by atoms with Gasteiger partial charge in [0.25, 0.3) is 0 Å². The summed E-state index contributed by atoms with van der Waals surface area (Å²) < 4.78 is 5.77. The maximum Gasteiger partial charge on any atom is 0.0717 e. The van der Waals surface area contributed by atoms with Crippen LogP contribution in [0.5, 0.6) is 0 Å². The third-order valence-corrected chi connectivity index (χ3v) is 3.96. The molecule has 0 radical (unpaired) electrons. The third-order valence-electron chi connectivity index (χ3n) is 3.96. The Hall–Kier alpha value is -0.900. The summed E-state index contributed by atoms with van der Waals surface area (Å²) in [7, 11) is 0. The molecule has 0 heterocycles. The Labute approximate surface area is 130 Å². The van der Waals surface area contributed by atoms with Gasteiger partial charge < -0.3 is 15.0 Å². The number of nitrogens with one attached hydrogen (secondary N) is 1. The van der Waals surface area contributed by atoms with Crippen LogP contribution in [0.3, 0.4) is 0 Å². The highest BCUT2D eigenvalue weighted by Crippen LogP contribution is 2.15. The van der Waals surface area contributed by atoms with Crippen LogP contribution >= 0.6 is 0 Å². The molecule has 0 fully saturated rings. The highest BCUT2D eigenvalue weighted by molar-refractivity contribution is 5.24. The fourth-order valence-electron chi connectivity index (χ4n) is 2.34. The van der Waals surface area contributed by atoms with Gasteiger partial charge >= 0.3 is 0 Å². The van der Waals surface area contributed by atoms with E-state index in [0.717, 1.165) is 39.3 Å². The average Bonchev–Trinajstić information content (AvgIpc) is 2.53. The molecular formula is C18H32N2O. The number of hydrogen-bond acceptors (Lipinski definition) is 3. The second-order valence-corrected chi connectivity index (χ2v) is 5.53. The van der Waals surface area contributed by atoms with Crippen molar-refractivity contribution in [2.45, 2.75) is 40.2 Å². The molecule has 3 nitrogen and oxygen atoms in total. The summed E-state index contributed by atoms with van der Waals surface area (Å²) in [5, 5.41) is 3.40. The van der Waals surface area contributed by atoms with Gasteiger partial charge in [0.1, 0.15) is 0 Å². The lowest BCUT2D eigenvalue weighted by atomic mass is 10.00. The minimum absolute atomic E-state index is 0.558. The summed E-state index contributed by atoms with van der Waals surface area (Å²) in [6, 6.07) is 8.83. The monoisotopic (exact) mass is 292 g/mol. The lowest BCUT2D eigenvalue weighted by Crippen LogP contribution is -2.26. The Morgan fingerprint density at radius 2 is 1.76 bits per heavy atom. The molecular weight excluding hydrogens is 260 g/mol. The van der Waals surface area contributed by atoms with Crippen molar-refractivity contribution in [3.05, 3.63) is 35.4 Å². The van der Waals surface area contributed by atoms with Crippen LogP contribution in [0.1, 0.15) is 44.7 Å². The van der Waals surface area contributed by atoms with Crippen LogP contribution in [0.25, 0.3) is 0 Å². The minimum atomic E-state index is 0.558. The molecule has 3 heteroatoms. The van der Waals surface area contributed by atoms with Crippen LogP contribution in [0.2, 0.25) is 0 Å². The van der Waals surface area contributed by atoms with Crippen molar-refractivity contribution in [2.24, 2.45) is 0 Å². The highest BCUT2D eigenvalue weighted by Gasteiger charge is 2.04. The van der Waals surface area contributed by atoms with E-state index in [1.165, 1.54) is 11.1 Å². The molecule has 0 aromatic heterocycles. The van der Waals surface area contributed by atoms with Crippen LogP contribution < -0.4 is 5.32 Å². The van der Waals surface area contributed by atoms with Crippen LogP contribution in [-0.4, -0.2) is 44.2 Å². The number of hydrogen-bond donors (Lipinski definition) is 1. The quantitative estimate of drug-likeness (QED) is 0.634. The van der Waals surface area contributed by atoms with Gasteiger partial charge in [0.05, 0.1) is 13.2 Å². The first-order chi connectivity index (χ1) is 10.2. The third kappa shape index (κ3) is 7.07. The van der Waals surface area contributed by atoms with Crippen LogP contribution in [0.4, 0.5) is 0 Å². The summed E-state index contributed by atoms with van der Waals surface area (Å²) >= 11 is 0. The summed E-state index contributed by atoms with van der Waals surface area (Å²) in [5.41, 5.74) is 2.65. The van der Waals surface area contributed by atoms with Crippen molar-refractivity contribution in [3.8, 4) is 0 Å². The van der Waals surface area contributed by atoms with E-state index in [9.17, 15) is 0 Å². The SMILES string of the molecule is CCNCC(C)c1ccc(COCCN(CC)CC)cc1. The smallest absolute Gasteiger partial charge is 0.0717 e. The van der Waals surface area contributed by atoms with Gasteiger partial charge in [-0.2, -0.15) is 0 Å². The van der Waals surface area contributed by atoms with Crippen molar-refractivity contribution < 1.29 is 4.74 Å². The Bertz CT molecular complexity index is 360. The van der Waals surface area contributed by atoms with E-state index >= 15 is 0 Å². The van der Waals surface area contributed by atoms with E-state index in [4.69, 9.17) is 4.74 Å². The largest absolute Gasteiger partial charge is 0.375 e. The van der Waals surface area contributed by atoms with Gasteiger partial charge in [-0.3, -0.25) is 0 Å². The molecule has 0 spiro atoms. The Morgan fingerprint density at radius 3 is 2.33 bits per heavy atom. The summed E-state index contributed by atoms with van der Waals surface area (Å²) in [4.78, 5) is 2.38. The molecule has 1 unspecified atom stereocenters. The van der Waals surface area contributed by atoms with Crippen molar-refractivity contribution in [3.63, 3.8) is 0 Å². The zero-order chi connectivity index (χ0) is 15.5. The van der Waals surface area contributed by atoms with Crippen molar-refractivity contribution in [1.82, 2.24) is 10.2 Å². The predicted molar refractivity (Wildman–Crippen MR) is 90.8 cm³/mol. The highest BCUT2D eigenvalue weighted by atomic mass is 16.5. The molecule has 1 rings (SSSR count). The molecule has 1 N–H and O–H groups in total. The molecule has 120 valence electrons. The number of benzene rings is 1. The number of ether oxygens (including phenoxy) is 1. The molecule has 0 bridgehead atoms. The van der Waals surface area contributed by atoms with E-state index in [-0.39, 0.29) is 0 Å². The second kappa shape index (κ2) is 10.8. The normalized spacial score (nSPS) is 12.8. The van der Waals surface area contributed by atoms with Crippen LogP contribution in [0, 0.1) is 0 Å². The van der Waals surface area contributed by atoms with Crippen molar-refractivity contribution in [1.29, 1.82) is 0 Å². The zero-order valence-corrected chi connectivity index (χ0v) is 14.2. The molecule has 0 saturated heterocycles. The Balaban J connectivity index is 2.31.